The summed E-state index contributed by atoms with van der Waals surface area (Å²) in [7, 11) is 0. The second-order valence-electron chi connectivity index (χ2n) is 4.42. The molecule has 0 radical (unpaired) electrons. The summed E-state index contributed by atoms with van der Waals surface area (Å²) >= 11 is 0. The number of urea groups is 1. The van der Waals surface area contributed by atoms with Crippen molar-refractivity contribution in [1.82, 2.24) is 10.3 Å². The first kappa shape index (κ1) is 14.5. The van der Waals surface area contributed by atoms with Gasteiger partial charge in [-0.05, 0) is 18.6 Å². The maximum Gasteiger partial charge on any atom is 0.326 e. The average Bonchev–Trinajstić information content (AvgIpc) is 2.47. The predicted molar refractivity (Wildman–Crippen MR) is 80.1 cm³/mol. The third-order valence-electron chi connectivity index (χ3n) is 2.93. The van der Waals surface area contributed by atoms with Crippen molar-refractivity contribution in [1.29, 1.82) is 0 Å². The summed E-state index contributed by atoms with van der Waals surface area (Å²) in [5, 5.41) is 15.8. The lowest BCUT2D eigenvalue weighted by Gasteiger charge is -2.14. The zero-order chi connectivity index (χ0) is 15.2. The number of carbonyl (C=O) groups excluding carboxylic acids is 1. The van der Waals surface area contributed by atoms with Crippen LogP contribution in [0.15, 0.2) is 49.3 Å². The standard InChI is InChI=1S/C15H15N3O3/c1-2-4-13(14(19)20)18-15(21)17-12-6-3-5-10-9-16-8-7-11(10)12/h2-3,5-9,13H,1,4H2,(H,19,20)(H2,17,18,21). The first-order chi connectivity index (χ1) is 10.1. The number of carboxylic acid groups (broad SMARTS) is 1. The highest BCUT2D eigenvalue weighted by Crippen LogP contribution is 2.21. The predicted octanol–water partition coefficient (Wildman–Crippen LogP) is 2.39. The van der Waals surface area contributed by atoms with E-state index >= 15 is 0 Å². The minimum atomic E-state index is -1.10. The number of amides is 2. The van der Waals surface area contributed by atoms with E-state index in [-0.39, 0.29) is 6.42 Å². The van der Waals surface area contributed by atoms with E-state index in [2.05, 4.69) is 22.2 Å². The van der Waals surface area contributed by atoms with Crippen molar-refractivity contribution >= 4 is 28.5 Å². The van der Waals surface area contributed by atoms with Crippen molar-refractivity contribution < 1.29 is 14.7 Å². The number of anilines is 1. The van der Waals surface area contributed by atoms with Crippen molar-refractivity contribution in [2.75, 3.05) is 5.32 Å². The lowest BCUT2D eigenvalue weighted by molar-refractivity contribution is -0.139. The molecule has 2 amide bonds. The number of aromatic nitrogens is 1. The van der Waals surface area contributed by atoms with Crippen LogP contribution in [0.1, 0.15) is 6.42 Å². The van der Waals surface area contributed by atoms with Crippen LogP contribution in [0, 0.1) is 0 Å². The zero-order valence-electron chi connectivity index (χ0n) is 11.2. The van der Waals surface area contributed by atoms with Crippen molar-refractivity contribution in [2.45, 2.75) is 12.5 Å². The normalized spacial score (nSPS) is 11.6. The molecule has 0 saturated carbocycles. The van der Waals surface area contributed by atoms with E-state index in [1.54, 1.807) is 30.6 Å². The average molecular weight is 285 g/mol. The van der Waals surface area contributed by atoms with E-state index in [1.165, 1.54) is 6.08 Å². The van der Waals surface area contributed by atoms with Crippen molar-refractivity contribution in [2.24, 2.45) is 0 Å². The molecule has 2 rings (SSSR count). The van der Waals surface area contributed by atoms with Gasteiger partial charge < -0.3 is 15.7 Å². The summed E-state index contributed by atoms with van der Waals surface area (Å²) in [6.45, 7) is 3.47. The van der Waals surface area contributed by atoms with Crippen LogP contribution in [0.25, 0.3) is 10.8 Å². The van der Waals surface area contributed by atoms with Gasteiger partial charge in [-0.1, -0.05) is 18.2 Å². The number of carboxylic acids is 1. The number of carbonyl (C=O) groups is 2. The second-order valence-corrected chi connectivity index (χ2v) is 4.42. The molecule has 6 heteroatoms. The van der Waals surface area contributed by atoms with Gasteiger partial charge in [0, 0.05) is 23.2 Å². The van der Waals surface area contributed by atoms with Gasteiger partial charge in [-0.3, -0.25) is 4.98 Å². The molecular formula is C15H15N3O3. The van der Waals surface area contributed by atoms with Gasteiger partial charge in [0.25, 0.3) is 0 Å². The lowest BCUT2D eigenvalue weighted by atomic mass is 10.1. The van der Waals surface area contributed by atoms with E-state index in [1.807, 2.05) is 6.07 Å². The lowest BCUT2D eigenvalue weighted by Crippen LogP contribution is -2.42. The highest BCUT2D eigenvalue weighted by Gasteiger charge is 2.18. The minimum Gasteiger partial charge on any atom is -0.480 e. The van der Waals surface area contributed by atoms with Crippen molar-refractivity contribution in [3.8, 4) is 0 Å². The van der Waals surface area contributed by atoms with Crippen LogP contribution in [0.2, 0.25) is 0 Å². The van der Waals surface area contributed by atoms with Crippen LogP contribution >= 0.6 is 0 Å². The maximum atomic E-state index is 11.9. The number of nitrogens with one attached hydrogen (secondary N) is 2. The molecule has 1 aromatic carbocycles. The van der Waals surface area contributed by atoms with Crippen LogP contribution in [-0.4, -0.2) is 28.1 Å². The van der Waals surface area contributed by atoms with Gasteiger partial charge >= 0.3 is 12.0 Å². The van der Waals surface area contributed by atoms with Gasteiger partial charge in [0.15, 0.2) is 0 Å². The molecule has 0 bridgehead atoms. The number of hydrogen-bond donors (Lipinski definition) is 3. The number of aliphatic carboxylic acids is 1. The molecule has 21 heavy (non-hydrogen) atoms. The number of fused-ring (bicyclic) bond motifs is 1. The third kappa shape index (κ3) is 3.56. The van der Waals surface area contributed by atoms with Crippen LogP contribution in [0.4, 0.5) is 10.5 Å². The monoisotopic (exact) mass is 285 g/mol. The molecule has 0 spiro atoms. The summed E-state index contributed by atoms with van der Waals surface area (Å²) in [5.74, 6) is -1.10. The summed E-state index contributed by atoms with van der Waals surface area (Å²) in [5.41, 5.74) is 0.593. The maximum absolute atomic E-state index is 11.9. The molecule has 0 aliphatic rings. The van der Waals surface area contributed by atoms with E-state index in [9.17, 15) is 9.59 Å². The molecule has 2 aromatic rings. The Labute approximate surface area is 121 Å². The summed E-state index contributed by atoms with van der Waals surface area (Å²) < 4.78 is 0. The van der Waals surface area contributed by atoms with Gasteiger partial charge in [-0.25, -0.2) is 9.59 Å². The molecule has 0 saturated heterocycles. The Balaban J connectivity index is 2.14. The number of hydrogen-bond acceptors (Lipinski definition) is 3. The molecule has 1 aromatic heterocycles. The van der Waals surface area contributed by atoms with E-state index in [0.29, 0.717) is 5.69 Å². The zero-order valence-corrected chi connectivity index (χ0v) is 11.2. The topological polar surface area (TPSA) is 91.3 Å². The van der Waals surface area contributed by atoms with Crippen LogP contribution in [0.5, 0.6) is 0 Å². The van der Waals surface area contributed by atoms with Gasteiger partial charge in [-0.2, -0.15) is 0 Å². The molecule has 108 valence electrons. The van der Waals surface area contributed by atoms with Gasteiger partial charge in [0.1, 0.15) is 6.04 Å². The van der Waals surface area contributed by atoms with Gasteiger partial charge in [-0.15, -0.1) is 6.58 Å². The molecule has 6 nitrogen and oxygen atoms in total. The summed E-state index contributed by atoms with van der Waals surface area (Å²) in [6, 6.07) is 5.61. The second kappa shape index (κ2) is 6.51. The smallest absolute Gasteiger partial charge is 0.326 e. The first-order valence-corrected chi connectivity index (χ1v) is 6.36. The van der Waals surface area contributed by atoms with E-state index in [4.69, 9.17) is 5.11 Å². The SMILES string of the molecule is C=CCC(NC(=O)Nc1cccc2cnccc12)C(=O)O. The molecular weight excluding hydrogens is 270 g/mol. The molecule has 1 heterocycles. The summed E-state index contributed by atoms with van der Waals surface area (Å²) in [4.78, 5) is 26.9. The van der Waals surface area contributed by atoms with Crippen molar-refractivity contribution in [3.63, 3.8) is 0 Å². The van der Waals surface area contributed by atoms with Crippen LogP contribution in [-0.2, 0) is 4.79 Å². The number of benzene rings is 1. The Morgan fingerprint density at radius 1 is 1.38 bits per heavy atom. The summed E-state index contributed by atoms with van der Waals surface area (Å²) in [6.07, 6.45) is 4.92. The third-order valence-corrected chi connectivity index (χ3v) is 2.93. The Morgan fingerprint density at radius 2 is 2.19 bits per heavy atom. The fraction of sp³-hybridized carbons (Fsp3) is 0.133. The van der Waals surface area contributed by atoms with Crippen LogP contribution < -0.4 is 10.6 Å². The fourth-order valence-electron chi connectivity index (χ4n) is 1.94. The minimum absolute atomic E-state index is 0.155. The Kier molecular flexibility index (Phi) is 4.50. The van der Waals surface area contributed by atoms with Gasteiger partial charge in [0.05, 0.1) is 5.69 Å². The Bertz CT molecular complexity index is 679. The number of nitrogens with zero attached hydrogens (tertiary/aromatic N) is 1. The quantitative estimate of drug-likeness (QED) is 0.735. The van der Waals surface area contributed by atoms with Gasteiger partial charge in [0.2, 0.25) is 0 Å². The Morgan fingerprint density at radius 3 is 2.90 bits per heavy atom. The van der Waals surface area contributed by atoms with E-state index in [0.717, 1.165) is 10.8 Å². The van der Waals surface area contributed by atoms with Crippen LogP contribution in [0.3, 0.4) is 0 Å². The fourth-order valence-corrected chi connectivity index (χ4v) is 1.94. The number of rotatable bonds is 5. The Hall–Kier alpha value is -2.89. The molecule has 3 N–H and O–H groups in total. The van der Waals surface area contributed by atoms with E-state index < -0.39 is 18.0 Å². The molecule has 1 atom stereocenters. The highest BCUT2D eigenvalue weighted by atomic mass is 16.4. The number of pyridine rings is 1. The highest BCUT2D eigenvalue weighted by molar-refractivity contribution is 6.02. The molecule has 0 aliphatic carbocycles. The molecule has 1 unspecified atom stereocenters. The molecule has 0 fully saturated rings. The van der Waals surface area contributed by atoms with Crippen molar-refractivity contribution in [3.05, 3.63) is 49.3 Å². The largest absolute Gasteiger partial charge is 0.480 e. The molecule has 0 aliphatic heterocycles. The first-order valence-electron chi connectivity index (χ1n) is 6.36.